The molecule has 0 atom stereocenters. The molecule has 4 aliphatic carbocycles. The second kappa shape index (κ2) is 8.64. The number of para-hydroxylation sites is 1. The van der Waals surface area contributed by atoms with Gasteiger partial charge in [-0.2, -0.15) is 12.7 Å². The van der Waals surface area contributed by atoms with Crippen LogP contribution in [0.1, 0.15) is 44.1 Å². The van der Waals surface area contributed by atoms with E-state index in [0.29, 0.717) is 5.69 Å². The molecular weight excluding hydrogens is 453 g/mol. The molecule has 2 aromatic carbocycles. The number of carbonyl (C=O) groups is 1. The Kier molecular flexibility index (Phi) is 5.92. The SMILES string of the molecule is CN(C)S(=O)(=O)N(CC(=O)Nc1ccc(C23CC4CC(CC(C4)C2)C3)cc1)c1ccccc1F. The molecule has 1 amide bonds. The summed E-state index contributed by atoms with van der Waals surface area (Å²) in [6.07, 6.45) is 7.98. The van der Waals surface area contributed by atoms with Gasteiger partial charge in [-0.05, 0) is 91.5 Å². The third-order valence-electron chi connectivity index (χ3n) is 7.97. The van der Waals surface area contributed by atoms with E-state index >= 15 is 0 Å². The first kappa shape index (κ1) is 23.3. The highest BCUT2D eigenvalue weighted by Crippen LogP contribution is 2.60. The predicted octanol–water partition coefficient (Wildman–Crippen LogP) is 4.55. The second-order valence-corrected chi connectivity index (χ2v) is 12.6. The molecule has 1 N–H and O–H groups in total. The fourth-order valence-electron chi connectivity index (χ4n) is 6.84. The van der Waals surface area contributed by atoms with Gasteiger partial charge in [-0.25, -0.2) is 8.70 Å². The molecule has 0 unspecified atom stereocenters. The maximum atomic E-state index is 14.4. The molecule has 6 rings (SSSR count). The average molecular weight is 486 g/mol. The summed E-state index contributed by atoms with van der Waals surface area (Å²) in [5, 5.41) is 2.79. The highest BCUT2D eigenvalue weighted by molar-refractivity contribution is 7.90. The Bertz CT molecular complexity index is 1140. The molecule has 6 nitrogen and oxygen atoms in total. The minimum Gasteiger partial charge on any atom is -0.325 e. The highest BCUT2D eigenvalue weighted by atomic mass is 32.2. The lowest BCUT2D eigenvalue weighted by Gasteiger charge is -2.57. The third-order valence-corrected chi connectivity index (χ3v) is 9.77. The predicted molar refractivity (Wildman–Crippen MR) is 131 cm³/mol. The van der Waals surface area contributed by atoms with Gasteiger partial charge >= 0.3 is 10.2 Å². The van der Waals surface area contributed by atoms with Crippen molar-refractivity contribution in [3.63, 3.8) is 0 Å². The first-order valence-electron chi connectivity index (χ1n) is 12.0. The van der Waals surface area contributed by atoms with E-state index in [2.05, 4.69) is 17.4 Å². The number of amides is 1. The van der Waals surface area contributed by atoms with Gasteiger partial charge in [0.1, 0.15) is 12.4 Å². The second-order valence-electron chi connectivity index (χ2n) is 10.6. The summed E-state index contributed by atoms with van der Waals surface area (Å²) in [6.45, 7) is -0.530. The fraction of sp³-hybridized carbons (Fsp3) is 0.500. The molecule has 0 aliphatic heterocycles. The quantitative estimate of drug-likeness (QED) is 0.626. The van der Waals surface area contributed by atoms with Crippen LogP contribution >= 0.6 is 0 Å². The average Bonchev–Trinajstić information content (AvgIpc) is 2.77. The summed E-state index contributed by atoms with van der Waals surface area (Å²) < 4.78 is 41.8. The largest absolute Gasteiger partial charge is 0.325 e. The highest BCUT2D eigenvalue weighted by Gasteiger charge is 2.51. The summed E-state index contributed by atoms with van der Waals surface area (Å²) in [4.78, 5) is 12.8. The van der Waals surface area contributed by atoms with Crippen LogP contribution in [0.2, 0.25) is 0 Å². The minimum atomic E-state index is -4.07. The van der Waals surface area contributed by atoms with Crippen LogP contribution < -0.4 is 9.62 Å². The number of hydrogen-bond acceptors (Lipinski definition) is 3. The van der Waals surface area contributed by atoms with Crippen LogP contribution in [0, 0.1) is 23.6 Å². The molecule has 4 bridgehead atoms. The maximum Gasteiger partial charge on any atom is 0.304 e. The molecular formula is C26H32FN3O3S. The van der Waals surface area contributed by atoms with Gasteiger partial charge in [0.15, 0.2) is 0 Å². The Labute approximate surface area is 201 Å². The molecule has 4 saturated carbocycles. The molecule has 4 aliphatic rings. The molecule has 0 spiro atoms. The van der Waals surface area contributed by atoms with Crippen molar-refractivity contribution in [2.45, 2.75) is 43.9 Å². The smallest absolute Gasteiger partial charge is 0.304 e. The zero-order valence-electron chi connectivity index (χ0n) is 19.7. The molecule has 8 heteroatoms. The van der Waals surface area contributed by atoms with Crippen molar-refractivity contribution in [1.82, 2.24) is 4.31 Å². The van der Waals surface area contributed by atoms with Crippen molar-refractivity contribution in [3.05, 3.63) is 59.9 Å². The number of hydrogen-bond donors (Lipinski definition) is 1. The normalized spacial score (nSPS) is 27.7. The number of benzene rings is 2. The van der Waals surface area contributed by atoms with Gasteiger partial charge < -0.3 is 5.32 Å². The van der Waals surface area contributed by atoms with Crippen LogP contribution in [0.3, 0.4) is 0 Å². The molecule has 0 radical (unpaired) electrons. The van der Waals surface area contributed by atoms with E-state index in [1.54, 1.807) is 0 Å². The number of rotatable bonds is 7. The molecule has 182 valence electrons. The number of halogens is 1. The van der Waals surface area contributed by atoms with E-state index in [9.17, 15) is 17.6 Å². The lowest BCUT2D eigenvalue weighted by molar-refractivity contribution is -0.114. The molecule has 0 aromatic heterocycles. The Balaban J connectivity index is 1.31. The fourth-order valence-corrected chi connectivity index (χ4v) is 7.92. The summed E-state index contributed by atoms with van der Waals surface area (Å²) in [7, 11) is -1.37. The zero-order chi connectivity index (χ0) is 24.1. The van der Waals surface area contributed by atoms with E-state index in [0.717, 1.165) is 26.4 Å². The van der Waals surface area contributed by atoms with Crippen molar-refractivity contribution >= 4 is 27.5 Å². The minimum absolute atomic E-state index is 0.163. The lowest BCUT2D eigenvalue weighted by Crippen LogP contribution is -2.48. The van der Waals surface area contributed by atoms with Crippen molar-refractivity contribution in [1.29, 1.82) is 0 Å². The molecule has 34 heavy (non-hydrogen) atoms. The van der Waals surface area contributed by atoms with Crippen LogP contribution in [0.4, 0.5) is 15.8 Å². The van der Waals surface area contributed by atoms with Gasteiger partial charge in [0.05, 0.1) is 5.69 Å². The third kappa shape index (κ3) is 4.22. The van der Waals surface area contributed by atoms with Crippen LogP contribution in [0.25, 0.3) is 0 Å². The number of anilines is 2. The van der Waals surface area contributed by atoms with Gasteiger partial charge in [0, 0.05) is 19.8 Å². The Morgan fingerprint density at radius 2 is 1.53 bits per heavy atom. The van der Waals surface area contributed by atoms with E-state index in [1.165, 1.54) is 82.4 Å². The number of nitrogens with one attached hydrogen (secondary N) is 1. The Morgan fingerprint density at radius 3 is 2.06 bits per heavy atom. The summed E-state index contributed by atoms with van der Waals surface area (Å²) in [5.74, 6) is 1.33. The van der Waals surface area contributed by atoms with Gasteiger partial charge in [0.25, 0.3) is 0 Å². The van der Waals surface area contributed by atoms with E-state index < -0.39 is 28.5 Å². The first-order valence-corrected chi connectivity index (χ1v) is 13.4. The van der Waals surface area contributed by atoms with Gasteiger partial charge in [-0.1, -0.05) is 24.3 Å². The standard InChI is InChI=1S/C26H32FN3O3S/c1-29(2)34(32,33)30(24-6-4-3-5-23(24)27)17-25(31)28-22-9-7-21(8-10-22)26-14-18-11-19(15-26)13-20(12-18)16-26/h3-10,18-20H,11-17H2,1-2H3,(H,28,31). The van der Waals surface area contributed by atoms with E-state index in [4.69, 9.17) is 0 Å². The molecule has 2 aromatic rings. The summed E-state index contributed by atoms with van der Waals surface area (Å²) in [6, 6.07) is 13.6. The first-order chi connectivity index (χ1) is 16.2. The monoisotopic (exact) mass is 485 g/mol. The summed E-state index contributed by atoms with van der Waals surface area (Å²) in [5.41, 5.74) is 2.07. The Hall–Kier alpha value is -2.45. The van der Waals surface area contributed by atoms with Gasteiger partial charge in [-0.3, -0.25) is 4.79 Å². The van der Waals surface area contributed by atoms with Gasteiger partial charge in [-0.15, -0.1) is 0 Å². The van der Waals surface area contributed by atoms with Crippen LogP contribution in [-0.4, -0.2) is 39.3 Å². The topological polar surface area (TPSA) is 69.7 Å². The number of nitrogens with zero attached hydrogens (tertiary/aromatic N) is 2. The zero-order valence-corrected chi connectivity index (χ0v) is 20.5. The van der Waals surface area contributed by atoms with Crippen molar-refractivity contribution < 1.29 is 17.6 Å². The lowest BCUT2D eigenvalue weighted by atomic mass is 9.48. The van der Waals surface area contributed by atoms with Crippen LogP contribution in [0.5, 0.6) is 0 Å². The maximum absolute atomic E-state index is 14.4. The van der Waals surface area contributed by atoms with Crippen molar-refractivity contribution in [2.24, 2.45) is 17.8 Å². The molecule has 0 saturated heterocycles. The van der Waals surface area contributed by atoms with E-state index in [-0.39, 0.29) is 11.1 Å². The number of carbonyl (C=O) groups excluding carboxylic acids is 1. The van der Waals surface area contributed by atoms with Crippen molar-refractivity contribution in [3.8, 4) is 0 Å². The van der Waals surface area contributed by atoms with Gasteiger partial charge in [0.2, 0.25) is 5.91 Å². The van der Waals surface area contributed by atoms with Crippen LogP contribution in [0.15, 0.2) is 48.5 Å². The Morgan fingerprint density at radius 1 is 0.971 bits per heavy atom. The van der Waals surface area contributed by atoms with E-state index in [1.807, 2.05) is 12.1 Å². The summed E-state index contributed by atoms with van der Waals surface area (Å²) >= 11 is 0. The van der Waals surface area contributed by atoms with Crippen molar-refractivity contribution in [2.75, 3.05) is 30.3 Å². The molecule has 4 fully saturated rings. The molecule has 0 heterocycles. The van der Waals surface area contributed by atoms with Crippen LogP contribution in [-0.2, 0) is 20.4 Å².